The molecule has 0 fully saturated rings. The average molecular weight is 425 g/mol. The Labute approximate surface area is 186 Å². The molecule has 0 aromatic heterocycles. The zero-order valence-corrected chi connectivity index (χ0v) is 19.7. The molecule has 0 bridgehead atoms. The van der Waals surface area contributed by atoms with Crippen molar-refractivity contribution in [3.05, 3.63) is 64.2 Å². The third-order valence-electron chi connectivity index (χ3n) is 5.49. The van der Waals surface area contributed by atoms with Crippen molar-refractivity contribution < 1.29 is 14.3 Å². The summed E-state index contributed by atoms with van der Waals surface area (Å²) in [6, 6.07) is 11.5. The van der Waals surface area contributed by atoms with Crippen molar-refractivity contribution in [1.29, 1.82) is 0 Å². The molecule has 5 nitrogen and oxygen atoms in total. The van der Waals surface area contributed by atoms with Gasteiger partial charge in [-0.2, -0.15) is 0 Å². The van der Waals surface area contributed by atoms with Gasteiger partial charge in [0, 0.05) is 13.1 Å². The normalized spacial score (nSPS) is 11.7. The van der Waals surface area contributed by atoms with Gasteiger partial charge in [0.15, 0.2) is 6.61 Å². The standard InChI is InChI=1S/C26H36N2O3/c1-7-12-27-26(30)23(8-2)28(16-22-11-9-10-18(3)14-22)25(29)17-31-24-15-19(4)13-20(5)21(24)6/h9-11,13-15,23H,7-8,12,16-17H2,1-6H3,(H,27,30). The number of carbonyl (C=O) groups is 2. The van der Waals surface area contributed by atoms with Crippen molar-refractivity contribution in [3.63, 3.8) is 0 Å². The largest absolute Gasteiger partial charge is 0.483 e. The van der Waals surface area contributed by atoms with Gasteiger partial charge in [-0.1, -0.05) is 49.7 Å². The van der Waals surface area contributed by atoms with E-state index in [2.05, 4.69) is 11.4 Å². The summed E-state index contributed by atoms with van der Waals surface area (Å²) in [6.45, 7) is 12.9. The summed E-state index contributed by atoms with van der Waals surface area (Å²) >= 11 is 0. The van der Waals surface area contributed by atoms with Crippen molar-refractivity contribution >= 4 is 11.8 Å². The van der Waals surface area contributed by atoms with Crippen molar-refractivity contribution in [1.82, 2.24) is 10.2 Å². The van der Waals surface area contributed by atoms with Gasteiger partial charge in [0.1, 0.15) is 11.8 Å². The summed E-state index contributed by atoms with van der Waals surface area (Å²) in [7, 11) is 0. The highest BCUT2D eigenvalue weighted by Crippen LogP contribution is 2.23. The number of nitrogens with one attached hydrogen (secondary N) is 1. The summed E-state index contributed by atoms with van der Waals surface area (Å²) in [5.41, 5.74) is 5.36. The molecule has 1 unspecified atom stereocenters. The van der Waals surface area contributed by atoms with Crippen molar-refractivity contribution in [2.75, 3.05) is 13.2 Å². The monoisotopic (exact) mass is 424 g/mol. The molecular formula is C26H36N2O3. The Hall–Kier alpha value is -2.82. The quantitative estimate of drug-likeness (QED) is 0.605. The van der Waals surface area contributed by atoms with Gasteiger partial charge in [0.05, 0.1) is 0 Å². The van der Waals surface area contributed by atoms with Gasteiger partial charge >= 0.3 is 0 Å². The van der Waals surface area contributed by atoms with Gasteiger partial charge in [-0.25, -0.2) is 0 Å². The fourth-order valence-electron chi connectivity index (χ4n) is 3.67. The Kier molecular flexibility index (Phi) is 9.10. The fraction of sp³-hybridized carbons (Fsp3) is 0.462. The van der Waals surface area contributed by atoms with Gasteiger partial charge in [0.2, 0.25) is 5.91 Å². The maximum atomic E-state index is 13.3. The first-order valence-corrected chi connectivity index (χ1v) is 11.1. The summed E-state index contributed by atoms with van der Waals surface area (Å²) in [4.78, 5) is 27.7. The number of hydrogen-bond acceptors (Lipinski definition) is 3. The molecule has 0 heterocycles. The van der Waals surface area contributed by atoms with Crippen molar-refractivity contribution in [3.8, 4) is 5.75 Å². The Balaban J connectivity index is 2.25. The predicted octanol–water partition coefficient (Wildman–Crippen LogP) is 4.63. The maximum Gasteiger partial charge on any atom is 0.261 e. The van der Waals surface area contributed by atoms with E-state index in [0.29, 0.717) is 25.3 Å². The molecule has 5 heteroatoms. The van der Waals surface area contributed by atoms with Gasteiger partial charge in [-0.15, -0.1) is 0 Å². The second-order valence-electron chi connectivity index (χ2n) is 8.22. The predicted molar refractivity (Wildman–Crippen MR) is 125 cm³/mol. The lowest BCUT2D eigenvalue weighted by Crippen LogP contribution is -2.50. The van der Waals surface area contributed by atoms with E-state index in [4.69, 9.17) is 4.74 Å². The van der Waals surface area contributed by atoms with E-state index < -0.39 is 6.04 Å². The van der Waals surface area contributed by atoms with Gasteiger partial charge in [-0.05, 0) is 68.9 Å². The van der Waals surface area contributed by atoms with Crippen LogP contribution in [-0.4, -0.2) is 35.9 Å². The second kappa shape index (κ2) is 11.5. The van der Waals surface area contributed by atoms with E-state index in [1.807, 2.05) is 71.9 Å². The molecule has 168 valence electrons. The minimum absolute atomic E-state index is 0.104. The smallest absolute Gasteiger partial charge is 0.261 e. The fourth-order valence-corrected chi connectivity index (χ4v) is 3.67. The van der Waals surface area contributed by atoms with E-state index in [1.165, 1.54) is 0 Å². The molecule has 0 aliphatic rings. The summed E-state index contributed by atoms with van der Waals surface area (Å²) in [5, 5.41) is 2.94. The lowest BCUT2D eigenvalue weighted by molar-refractivity contribution is -0.143. The molecular weight excluding hydrogens is 388 g/mol. The van der Waals surface area contributed by atoms with E-state index >= 15 is 0 Å². The zero-order chi connectivity index (χ0) is 23.0. The van der Waals surface area contributed by atoms with Crippen LogP contribution < -0.4 is 10.1 Å². The van der Waals surface area contributed by atoms with Crippen LogP contribution in [0.1, 0.15) is 54.5 Å². The number of hydrogen-bond donors (Lipinski definition) is 1. The van der Waals surface area contributed by atoms with Crippen LogP contribution in [0, 0.1) is 27.7 Å². The molecule has 2 rings (SSSR count). The first-order chi connectivity index (χ1) is 14.8. The number of nitrogens with zero attached hydrogens (tertiary/aromatic N) is 1. The SMILES string of the molecule is CCCNC(=O)C(CC)N(Cc1cccc(C)c1)C(=O)COc1cc(C)cc(C)c1C. The Morgan fingerprint density at radius 3 is 2.42 bits per heavy atom. The third-order valence-corrected chi connectivity index (χ3v) is 5.49. The van der Waals surface area contributed by atoms with Crippen LogP contribution in [0.2, 0.25) is 0 Å². The molecule has 2 amide bonds. The highest BCUT2D eigenvalue weighted by Gasteiger charge is 2.29. The highest BCUT2D eigenvalue weighted by molar-refractivity contribution is 5.88. The van der Waals surface area contributed by atoms with Gasteiger partial charge in [-0.3, -0.25) is 9.59 Å². The lowest BCUT2D eigenvalue weighted by atomic mass is 10.1. The number of aryl methyl sites for hydroxylation is 3. The molecule has 0 aliphatic heterocycles. The molecule has 2 aromatic carbocycles. The molecule has 0 aliphatic carbocycles. The Morgan fingerprint density at radius 2 is 1.77 bits per heavy atom. The summed E-state index contributed by atoms with van der Waals surface area (Å²) in [6.07, 6.45) is 1.39. The van der Waals surface area contributed by atoms with E-state index in [9.17, 15) is 9.59 Å². The summed E-state index contributed by atoms with van der Waals surface area (Å²) in [5.74, 6) is 0.399. The summed E-state index contributed by atoms with van der Waals surface area (Å²) < 4.78 is 5.94. The highest BCUT2D eigenvalue weighted by atomic mass is 16.5. The number of rotatable bonds is 10. The minimum Gasteiger partial charge on any atom is -0.483 e. The molecule has 1 atom stereocenters. The van der Waals surface area contributed by atoms with Crippen LogP contribution in [0.5, 0.6) is 5.75 Å². The Bertz CT molecular complexity index is 908. The first-order valence-electron chi connectivity index (χ1n) is 11.1. The molecule has 2 aromatic rings. The van der Waals surface area contributed by atoms with Crippen LogP contribution in [-0.2, 0) is 16.1 Å². The third kappa shape index (κ3) is 6.84. The second-order valence-corrected chi connectivity index (χ2v) is 8.22. The van der Waals surface area contributed by atoms with Crippen LogP contribution >= 0.6 is 0 Å². The average Bonchev–Trinajstić information content (AvgIpc) is 2.73. The molecule has 0 radical (unpaired) electrons. The zero-order valence-electron chi connectivity index (χ0n) is 19.7. The van der Waals surface area contributed by atoms with Gasteiger partial charge in [0.25, 0.3) is 5.91 Å². The van der Waals surface area contributed by atoms with Crippen LogP contribution in [0.3, 0.4) is 0 Å². The molecule has 0 spiro atoms. The molecule has 0 saturated carbocycles. The lowest BCUT2D eigenvalue weighted by Gasteiger charge is -2.30. The van der Waals surface area contributed by atoms with E-state index in [1.54, 1.807) is 4.90 Å². The number of amides is 2. The van der Waals surface area contributed by atoms with E-state index in [-0.39, 0.29) is 18.4 Å². The van der Waals surface area contributed by atoms with Crippen molar-refractivity contribution in [2.24, 2.45) is 0 Å². The number of ether oxygens (including phenoxy) is 1. The van der Waals surface area contributed by atoms with Crippen molar-refractivity contribution in [2.45, 2.75) is 67.0 Å². The Morgan fingerprint density at radius 1 is 1.03 bits per heavy atom. The first kappa shape index (κ1) is 24.4. The minimum atomic E-state index is -0.538. The van der Waals surface area contributed by atoms with Crippen LogP contribution in [0.4, 0.5) is 0 Å². The maximum absolute atomic E-state index is 13.3. The number of carbonyl (C=O) groups excluding carboxylic acids is 2. The van der Waals surface area contributed by atoms with E-state index in [0.717, 1.165) is 34.2 Å². The molecule has 0 saturated heterocycles. The molecule has 1 N–H and O–H groups in total. The molecule has 31 heavy (non-hydrogen) atoms. The van der Waals surface area contributed by atoms with Crippen LogP contribution in [0.25, 0.3) is 0 Å². The van der Waals surface area contributed by atoms with Crippen LogP contribution in [0.15, 0.2) is 36.4 Å². The number of benzene rings is 2. The van der Waals surface area contributed by atoms with Gasteiger partial charge < -0.3 is 15.0 Å². The topological polar surface area (TPSA) is 58.6 Å².